The maximum Gasteiger partial charge on any atom is 0.336 e. The minimum atomic E-state index is -1.69. The van der Waals surface area contributed by atoms with Crippen LogP contribution in [0, 0.1) is 5.82 Å². The SMILES string of the molecule is CCCc1c(OCCCOc2ccc(-c3ccc(F)cc3)c(O)c2CC)cccc1S(=O)c1ccccc1C(=O)O. The smallest absolute Gasteiger partial charge is 0.336 e. The van der Waals surface area contributed by atoms with Crippen molar-refractivity contribution in [2.24, 2.45) is 0 Å². The van der Waals surface area contributed by atoms with Crippen molar-refractivity contribution < 1.29 is 33.1 Å². The average molecular weight is 577 g/mol. The Bertz CT molecular complexity index is 1530. The summed E-state index contributed by atoms with van der Waals surface area (Å²) in [5.41, 5.74) is 2.82. The Kier molecular flexibility index (Phi) is 10.1. The highest BCUT2D eigenvalue weighted by molar-refractivity contribution is 7.85. The van der Waals surface area contributed by atoms with Crippen LogP contribution in [0.25, 0.3) is 11.1 Å². The molecule has 0 amide bonds. The number of aromatic carboxylic acids is 1. The van der Waals surface area contributed by atoms with E-state index in [0.29, 0.717) is 60.0 Å². The summed E-state index contributed by atoms with van der Waals surface area (Å²) in [7, 11) is -1.69. The summed E-state index contributed by atoms with van der Waals surface area (Å²) in [6.45, 7) is 4.65. The second-order valence-corrected chi connectivity index (χ2v) is 10.8. The third-order valence-corrected chi connectivity index (χ3v) is 8.20. The van der Waals surface area contributed by atoms with Gasteiger partial charge in [0.2, 0.25) is 0 Å². The largest absolute Gasteiger partial charge is 0.507 e. The van der Waals surface area contributed by atoms with Gasteiger partial charge in [0.1, 0.15) is 23.1 Å². The van der Waals surface area contributed by atoms with Crippen LogP contribution in [0.4, 0.5) is 4.39 Å². The summed E-state index contributed by atoms with van der Waals surface area (Å²) in [5.74, 6) is -0.149. The van der Waals surface area contributed by atoms with E-state index in [1.165, 1.54) is 18.2 Å². The number of hydrogen-bond donors (Lipinski definition) is 2. The molecule has 1 atom stereocenters. The van der Waals surface area contributed by atoms with Crippen LogP contribution in [0.2, 0.25) is 0 Å². The molecule has 0 aliphatic rings. The number of carbonyl (C=O) groups is 1. The van der Waals surface area contributed by atoms with Crippen LogP contribution in [0.15, 0.2) is 88.7 Å². The van der Waals surface area contributed by atoms with Gasteiger partial charge in [0.25, 0.3) is 0 Å². The lowest BCUT2D eigenvalue weighted by Crippen LogP contribution is -2.09. The molecule has 0 aliphatic heterocycles. The van der Waals surface area contributed by atoms with Crippen LogP contribution in [0.1, 0.15) is 48.2 Å². The molecule has 4 aromatic rings. The predicted molar refractivity (Wildman–Crippen MR) is 157 cm³/mol. The number of aromatic hydroxyl groups is 1. The summed E-state index contributed by atoms with van der Waals surface area (Å²) >= 11 is 0. The number of phenolic OH excluding ortho intramolecular Hbond substituents is 1. The first kappa shape index (κ1) is 29.8. The zero-order valence-electron chi connectivity index (χ0n) is 23.1. The summed E-state index contributed by atoms with van der Waals surface area (Å²) in [6.07, 6.45) is 2.54. The molecule has 0 bridgehead atoms. The van der Waals surface area contributed by atoms with Gasteiger partial charge in [-0.05, 0) is 66.9 Å². The average Bonchev–Trinajstić information content (AvgIpc) is 2.98. The van der Waals surface area contributed by atoms with Crippen LogP contribution in [0.5, 0.6) is 17.2 Å². The molecule has 4 rings (SSSR count). The van der Waals surface area contributed by atoms with Crippen molar-refractivity contribution in [2.75, 3.05) is 13.2 Å². The van der Waals surface area contributed by atoms with E-state index in [2.05, 4.69) is 0 Å². The molecule has 8 heteroatoms. The fourth-order valence-corrected chi connectivity index (χ4v) is 6.08. The normalized spacial score (nSPS) is 11.7. The van der Waals surface area contributed by atoms with E-state index in [9.17, 15) is 23.6 Å². The molecule has 0 spiro atoms. The van der Waals surface area contributed by atoms with Crippen LogP contribution in [0.3, 0.4) is 0 Å². The van der Waals surface area contributed by atoms with Gasteiger partial charge in [-0.15, -0.1) is 0 Å². The number of rotatable bonds is 13. The topological polar surface area (TPSA) is 93.1 Å². The minimum Gasteiger partial charge on any atom is -0.507 e. The van der Waals surface area contributed by atoms with Crippen molar-refractivity contribution in [3.8, 4) is 28.4 Å². The fraction of sp³-hybridized carbons (Fsp3) is 0.242. The highest BCUT2D eigenvalue weighted by Gasteiger charge is 2.21. The first-order valence-corrected chi connectivity index (χ1v) is 14.7. The van der Waals surface area contributed by atoms with Gasteiger partial charge in [-0.2, -0.15) is 0 Å². The molecule has 1 unspecified atom stereocenters. The first-order chi connectivity index (χ1) is 19.8. The van der Waals surface area contributed by atoms with Gasteiger partial charge < -0.3 is 19.7 Å². The maximum atomic E-state index is 13.5. The number of carboxylic acid groups (broad SMARTS) is 1. The van der Waals surface area contributed by atoms with Crippen LogP contribution >= 0.6 is 0 Å². The van der Waals surface area contributed by atoms with E-state index in [-0.39, 0.29) is 22.0 Å². The highest BCUT2D eigenvalue weighted by Crippen LogP contribution is 2.38. The number of carboxylic acids is 1. The van der Waals surface area contributed by atoms with Gasteiger partial charge in [-0.3, -0.25) is 0 Å². The summed E-state index contributed by atoms with van der Waals surface area (Å²) in [5, 5.41) is 20.4. The Morgan fingerprint density at radius 3 is 2.15 bits per heavy atom. The molecule has 0 radical (unpaired) electrons. The lowest BCUT2D eigenvalue weighted by atomic mass is 9.99. The van der Waals surface area contributed by atoms with E-state index >= 15 is 0 Å². The summed E-state index contributed by atoms with van der Waals surface area (Å²) in [4.78, 5) is 12.5. The molecular weight excluding hydrogens is 543 g/mol. The monoisotopic (exact) mass is 576 g/mol. The van der Waals surface area contributed by atoms with Gasteiger partial charge in [0.15, 0.2) is 0 Å². The molecule has 0 aliphatic carbocycles. The van der Waals surface area contributed by atoms with Crippen molar-refractivity contribution in [2.45, 2.75) is 49.3 Å². The molecule has 6 nitrogen and oxygen atoms in total. The molecule has 0 fully saturated rings. The lowest BCUT2D eigenvalue weighted by Gasteiger charge is -2.17. The standard InChI is InChI=1S/C33H33FO6S/c1-3-9-26-28(11-7-13-30(26)41(38)31-12-6-5-10-27(31)33(36)37)39-20-8-21-40-29-19-18-25(32(35)24(29)4-2)22-14-16-23(34)17-15-22/h5-7,10-19,35H,3-4,8-9,20-21H2,1-2H3,(H,36,37). The third-order valence-electron chi connectivity index (χ3n) is 6.66. The van der Waals surface area contributed by atoms with Crippen molar-refractivity contribution in [3.63, 3.8) is 0 Å². The van der Waals surface area contributed by atoms with Gasteiger partial charge in [0.05, 0.1) is 39.4 Å². The van der Waals surface area contributed by atoms with E-state index < -0.39 is 16.8 Å². The molecule has 214 valence electrons. The van der Waals surface area contributed by atoms with Gasteiger partial charge >= 0.3 is 5.97 Å². The van der Waals surface area contributed by atoms with E-state index in [4.69, 9.17) is 9.47 Å². The maximum absolute atomic E-state index is 13.5. The summed E-state index contributed by atoms with van der Waals surface area (Å²) in [6, 6.07) is 21.2. The van der Waals surface area contributed by atoms with Crippen LogP contribution in [-0.2, 0) is 23.6 Å². The number of ether oxygens (including phenoxy) is 2. The quantitative estimate of drug-likeness (QED) is 0.161. The van der Waals surface area contributed by atoms with Gasteiger partial charge in [-0.25, -0.2) is 13.4 Å². The number of halogens is 1. The Balaban J connectivity index is 1.43. The van der Waals surface area contributed by atoms with Gasteiger partial charge in [-0.1, -0.05) is 50.6 Å². The van der Waals surface area contributed by atoms with Crippen LogP contribution < -0.4 is 9.47 Å². The molecule has 0 saturated heterocycles. The second kappa shape index (κ2) is 13.9. The number of phenols is 1. The molecule has 2 N–H and O–H groups in total. The Morgan fingerprint density at radius 1 is 0.829 bits per heavy atom. The Labute approximate surface area is 241 Å². The second-order valence-electron chi connectivity index (χ2n) is 9.40. The van der Waals surface area contributed by atoms with Crippen LogP contribution in [-0.4, -0.2) is 33.6 Å². The number of hydrogen-bond acceptors (Lipinski definition) is 5. The Morgan fingerprint density at radius 2 is 1.49 bits per heavy atom. The molecule has 41 heavy (non-hydrogen) atoms. The lowest BCUT2D eigenvalue weighted by molar-refractivity contribution is 0.0693. The van der Waals surface area contributed by atoms with Crippen molar-refractivity contribution in [1.82, 2.24) is 0 Å². The first-order valence-electron chi connectivity index (χ1n) is 13.6. The van der Waals surface area contributed by atoms with Gasteiger partial charge in [0, 0.05) is 23.1 Å². The van der Waals surface area contributed by atoms with Crippen molar-refractivity contribution in [1.29, 1.82) is 0 Å². The summed E-state index contributed by atoms with van der Waals surface area (Å²) < 4.78 is 38.9. The predicted octanol–water partition coefficient (Wildman–Crippen LogP) is 7.43. The molecule has 0 saturated carbocycles. The van der Waals surface area contributed by atoms with Crippen molar-refractivity contribution >= 4 is 16.8 Å². The molecular formula is C33H33FO6S. The number of benzene rings is 4. The highest BCUT2D eigenvalue weighted by atomic mass is 32.2. The van der Waals surface area contributed by atoms with E-state index in [1.54, 1.807) is 48.5 Å². The molecule has 0 aromatic heterocycles. The zero-order chi connectivity index (χ0) is 29.4. The zero-order valence-corrected chi connectivity index (χ0v) is 23.9. The van der Waals surface area contributed by atoms with E-state index in [1.807, 2.05) is 26.0 Å². The van der Waals surface area contributed by atoms with Crippen molar-refractivity contribution in [3.05, 3.63) is 101 Å². The molecule has 4 aromatic carbocycles. The fourth-order valence-electron chi connectivity index (χ4n) is 4.65. The third kappa shape index (κ3) is 6.95. The van der Waals surface area contributed by atoms with E-state index in [0.717, 1.165) is 17.5 Å². The molecule has 0 heterocycles. The Hall–Kier alpha value is -4.17. The minimum absolute atomic E-state index is 0.0138.